The number of hydrogen-bond donors (Lipinski definition) is 0. The Morgan fingerprint density at radius 2 is 1.83 bits per heavy atom. The Hall–Kier alpha value is -2.33. The predicted octanol–water partition coefficient (Wildman–Crippen LogP) is 4.94. The molecule has 1 fully saturated rings. The number of methoxy groups -OCH3 is 2. The van der Waals surface area contributed by atoms with Crippen molar-refractivity contribution in [1.29, 1.82) is 0 Å². The van der Waals surface area contributed by atoms with Crippen molar-refractivity contribution in [3.63, 3.8) is 0 Å². The van der Waals surface area contributed by atoms with Crippen molar-refractivity contribution in [2.45, 2.75) is 24.2 Å². The van der Waals surface area contributed by atoms with Crippen LogP contribution in [0.4, 0.5) is 5.13 Å². The summed E-state index contributed by atoms with van der Waals surface area (Å²) < 4.78 is 17.1. The third kappa shape index (κ3) is 7.33. The molecule has 35 heavy (non-hydrogen) atoms. The Bertz CT molecular complexity index is 1080. The van der Waals surface area contributed by atoms with Crippen LogP contribution >= 0.6 is 23.1 Å². The Kier molecular flexibility index (Phi) is 9.65. The monoisotopic (exact) mass is 515 g/mol. The minimum absolute atomic E-state index is 0.133. The highest BCUT2D eigenvalue weighted by atomic mass is 32.2. The summed E-state index contributed by atoms with van der Waals surface area (Å²) in [6, 6.07) is 13.9. The van der Waals surface area contributed by atoms with Crippen molar-refractivity contribution >= 4 is 44.4 Å². The predicted molar refractivity (Wildman–Crippen MR) is 143 cm³/mol. The second-order valence-electron chi connectivity index (χ2n) is 8.31. The van der Waals surface area contributed by atoms with Gasteiger partial charge in [-0.3, -0.25) is 14.6 Å². The number of nitrogens with zero attached hydrogens (tertiary/aromatic N) is 3. The summed E-state index contributed by atoms with van der Waals surface area (Å²) in [5, 5.41) is 0.767. The van der Waals surface area contributed by atoms with Gasteiger partial charge in [0.25, 0.3) is 0 Å². The van der Waals surface area contributed by atoms with Crippen LogP contribution in [-0.4, -0.2) is 75.2 Å². The van der Waals surface area contributed by atoms with Crippen LogP contribution in [0.15, 0.2) is 47.4 Å². The lowest BCUT2D eigenvalue weighted by atomic mass is 10.2. The maximum atomic E-state index is 13.3. The summed E-state index contributed by atoms with van der Waals surface area (Å²) in [5.41, 5.74) is 0.866. The van der Waals surface area contributed by atoms with E-state index in [0.717, 1.165) is 78.3 Å². The number of thioether (sulfide) groups is 1. The van der Waals surface area contributed by atoms with E-state index in [1.165, 1.54) is 4.90 Å². The number of morpholine rings is 1. The van der Waals surface area contributed by atoms with Gasteiger partial charge in [0.05, 0.1) is 37.6 Å². The molecular weight excluding hydrogens is 482 g/mol. The fraction of sp³-hybridized carbons (Fsp3) is 0.462. The largest absolute Gasteiger partial charge is 0.497 e. The van der Waals surface area contributed by atoms with E-state index < -0.39 is 0 Å². The molecule has 2 heterocycles. The molecule has 0 atom stereocenters. The van der Waals surface area contributed by atoms with Gasteiger partial charge in [-0.25, -0.2) is 4.98 Å². The lowest BCUT2D eigenvalue weighted by Crippen LogP contribution is -2.39. The number of hydrogen-bond acceptors (Lipinski definition) is 8. The van der Waals surface area contributed by atoms with Crippen LogP contribution in [0.2, 0.25) is 0 Å². The number of anilines is 1. The molecule has 0 spiro atoms. The van der Waals surface area contributed by atoms with Crippen LogP contribution in [0.1, 0.15) is 19.3 Å². The van der Waals surface area contributed by atoms with Crippen LogP contribution in [0, 0.1) is 0 Å². The first kappa shape index (κ1) is 25.8. The number of fused-ring (bicyclic) bond motifs is 1. The van der Waals surface area contributed by atoms with Crippen LogP contribution in [0.3, 0.4) is 0 Å². The molecule has 0 N–H and O–H groups in total. The molecule has 0 aliphatic carbocycles. The zero-order valence-electron chi connectivity index (χ0n) is 20.4. The number of carbonyl (C=O) groups is 1. The number of ether oxygens (including phenoxy) is 3. The van der Waals surface area contributed by atoms with Gasteiger partial charge in [0.15, 0.2) is 5.13 Å². The van der Waals surface area contributed by atoms with E-state index in [0.29, 0.717) is 13.0 Å². The molecule has 0 radical (unpaired) electrons. The maximum Gasteiger partial charge on any atom is 0.228 e. The van der Waals surface area contributed by atoms with Gasteiger partial charge in [-0.1, -0.05) is 11.3 Å². The molecule has 1 aliphatic heterocycles. The van der Waals surface area contributed by atoms with Crippen molar-refractivity contribution in [2.24, 2.45) is 0 Å². The van der Waals surface area contributed by atoms with E-state index >= 15 is 0 Å². The van der Waals surface area contributed by atoms with E-state index in [9.17, 15) is 4.79 Å². The quantitative estimate of drug-likeness (QED) is 0.250. The van der Waals surface area contributed by atoms with Gasteiger partial charge in [-0.05, 0) is 55.0 Å². The Balaban J connectivity index is 1.37. The van der Waals surface area contributed by atoms with E-state index in [2.05, 4.69) is 17.0 Å². The first-order chi connectivity index (χ1) is 17.2. The van der Waals surface area contributed by atoms with E-state index in [1.807, 2.05) is 35.2 Å². The highest BCUT2D eigenvalue weighted by molar-refractivity contribution is 7.99. The lowest BCUT2D eigenvalue weighted by molar-refractivity contribution is -0.118. The summed E-state index contributed by atoms with van der Waals surface area (Å²) in [4.78, 5) is 23.6. The van der Waals surface area contributed by atoms with Crippen LogP contribution in [-0.2, 0) is 9.53 Å². The van der Waals surface area contributed by atoms with Gasteiger partial charge in [0, 0.05) is 43.6 Å². The molecule has 2 aromatic carbocycles. The molecule has 0 saturated carbocycles. The molecule has 1 saturated heterocycles. The van der Waals surface area contributed by atoms with Gasteiger partial charge >= 0.3 is 0 Å². The van der Waals surface area contributed by atoms with Crippen LogP contribution in [0.5, 0.6) is 11.5 Å². The van der Waals surface area contributed by atoms with Crippen molar-refractivity contribution in [2.75, 3.05) is 64.3 Å². The topological polar surface area (TPSA) is 64.1 Å². The molecule has 4 rings (SSSR count). The van der Waals surface area contributed by atoms with Crippen molar-refractivity contribution < 1.29 is 19.0 Å². The molecule has 0 bridgehead atoms. The number of rotatable bonds is 12. The summed E-state index contributed by atoms with van der Waals surface area (Å²) in [6.07, 6.45) is 2.22. The molecule has 1 aromatic heterocycles. The summed E-state index contributed by atoms with van der Waals surface area (Å²) >= 11 is 3.33. The Morgan fingerprint density at radius 3 is 2.57 bits per heavy atom. The minimum Gasteiger partial charge on any atom is -0.497 e. The van der Waals surface area contributed by atoms with Gasteiger partial charge < -0.3 is 14.2 Å². The zero-order valence-corrected chi connectivity index (χ0v) is 22.0. The fourth-order valence-electron chi connectivity index (χ4n) is 3.96. The minimum atomic E-state index is 0.133. The maximum absolute atomic E-state index is 13.3. The molecule has 1 aliphatic rings. The molecule has 7 nitrogen and oxygen atoms in total. The second-order valence-corrected chi connectivity index (χ2v) is 10.5. The van der Waals surface area contributed by atoms with Crippen molar-refractivity contribution in [3.8, 4) is 11.5 Å². The first-order valence-electron chi connectivity index (χ1n) is 12.0. The molecule has 9 heteroatoms. The van der Waals surface area contributed by atoms with Gasteiger partial charge in [-0.15, -0.1) is 11.8 Å². The molecule has 3 aromatic rings. The Morgan fingerprint density at radius 1 is 1.09 bits per heavy atom. The van der Waals surface area contributed by atoms with E-state index in [4.69, 9.17) is 19.2 Å². The summed E-state index contributed by atoms with van der Waals surface area (Å²) in [5.74, 6) is 2.64. The zero-order chi connectivity index (χ0) is 24.5. The average molecular weight is 516 g/mol. The number of amides is 1. The van der Waals surface area contributed by atoms with Crippen LogP contribution in [0.25, 0.3) is 10.2 Å². The molecule has 188 valence electrons. The number of aromatic nitrogens is 1. The average Bonchev–Trinajstić information content (AvgIpc) is 3.32. The SMILES string of the molecule is COc1ccc(SCCCC(=O)N(CCCN2CCOCC2)c2nc3cc(OC)ccc3s2)cc1. The fourth-order valence-corrected chi connectivity index (χ4v) is 5.80. The highest BCUT2D eigenvalue weighted by Gasteiger charge is 2.20. The van der Waals surface area contributed by atoms with E-state index in [1.54, 1.807) is 37.3 Å². The Labute approximate surface area is 215 Å². The standard InChI is InChI=1S/C26H33N3O4S2/c1-31-20-6-9-22(10-7-20)34-18-3-5-25(30)29(13-4-12-28-14-16-33-17-15-28)26-27-23-19-21(32-2)8-11-24(23)35-26/h6-11,19H,3-5,12-18H2,1-2H3. The smallest absolute Gasteiger partial charge is 0.228 e. The van der Waals surface area contributed by atoms with Gasteiger partial charge in [0.1, 0.15) is 11.5 Å². The molecular formula is C26H33N3O4S2. The lowest BCUT2D eigenvalue weighted by Gasteiger charge is -2.27. The number of thiazole rings is 1. The molecule has 1 amide bonds. The van der Waals surface area contributed by atoms with Crippen molar-refractivity contribution in [3.05, 3.63) is 42.5 Å². The van der Waals surface area contributed by atoms with Gasteiger partial charge in [-0.2, -0.15) is 0 Å². The summed E-state index contributed by atoms with van der Waals surface area (Å²) in [6.45, 7) is 5.11. The third-order valence-electron chi connectivity index (χ3n) is 5.94. The van der Waals surface area contributed by atoms with Gasteiger partial charge in [0.2, 0.25) is 5.91 Å². The third-order valence-corrected chi connectivity index (χ3v) is 8.10. The van der Waals surface area contributed by atoms with Crippen molar-refractivity contribution in [1.82, 2.24) is 9.88 Å². The first-order valence-corrected chi connectivity index (χ1v) is 13.8. The second kappa shape index (κ2) is 13.1. The molecule has 0 unspecified atom stereocenters. The van der Waals surface area contributed by atoms with Crippen LogP contribution < -0.4 is 14.4 Å². The van der Waals surface area contributed by atoms with E-state index in [-0.39, 0.29) is 5.91 Å². The number of carbonyl (C=O) groups excluding carboxylic acids is 1. The highest BCUT2D eigenvalue weighted by Crippen LogP contribution is 2.32. The summed E-state index contributed by atoms with van der Waals surface area (Å²) in [7, 11) is 3.32. The number of benzene rings is 2. The normalized spacial score (nSPS) is 14.2.